The number of nitrogens with one attached hydrogen (secondary N) is 1. The van der Waals surface area contributed by atoms with E-state index in [1.54, 1.807) is 13.8 Å². The lowest BCUT2D eigenvalue weighted by molar-refractivity contribution is -0.141. The molecule has 29 heavy (non-hydrogen) atoms. The van der Waals surface area contributed by atoms with Crippen LogP contribution >= 0.6 is 7.72 Å². The molecule has 0 saturated heterocycles. The van der Waals surface area contributed by atoms with Crippen molar-refractivity contribution in [2.75, 3.05) is 12.7 Å². The van der Waals surface area contributed by atoms with E-state index >= 15 is 0 Å². The summed E-state index contributed by atoms with van der Waals surface area (Å²) in [6, 6.07) is 9.59. The zero-order valence-corrected chi connectivity index (χ0v) is 18.4. The van der Waals surface area contributed by atoms with E-state index in [-0.39, 0.29) is 24.4 Å². The highest BCUT2D eigenvalue weighted by Gasteiger charge is 2.49. The number of carboxylic acid groups (broad SMARTS) is 1. The van der Waals surface area contributed by atoms with Crippen LogP contribution in [0.5, 0.6) is 0 Å². The molecule has 0 spiro atoms. The first-order valence-corrected chi connectivity index (χ1v) is 12.2. The Morgan fingerprint density at radius 1 is 1.10 bits per heavy atom. The van der Waals surface area contributed by atoms with Crippen LogP contribution < -0.4 is 11.1 Å². The van der Waals surface area contributed by atoms with Crippen LogP contribution in [0.4, 0.5) is 0 Å². The summed E-state index contributed by atoms with van der Waals surface area (Å²) in [4.78, 5) is 45.5. The molecule has 0 heterocycles. The van der Waals surface area contributed by atoms with Gasteiger partial charge < -0.3 is 16.2 Å². The third kappa shape index (κ3) is 9.68. The molecular formula is C21H36N2O5P+. The van der Waals surface area contributed by atoms with E-state index in [0.29, 0.717) is 25.8 Å². The first-order valence-electron chi connectivity index (χ1n) is 10.3. The molecule has 0 saturated carbocycles. The fourth-order valence-corrected chi connectivity index (χ4v) is 5.85. The van der Waals surface area contributed by atoms with Gasteiger partial charge in [0.1, 0.15) is 6.16 Å². The van der Waals surface area contributed by atoms with Crippen molar-refractivity contribution in [3.05, 3.63) is 35.9 Å². The van der Waals surface area contributed by atoms with Gasteiger partial charge in [-0.3, -0.25) is 9.59 Å². The van der Waals surface area contributed by atoms with Crippen LogP contribution in [0.3, 0.4) is 0 Å². The van der Waals surface area contributed by atoms with Crippen LogP contribution in [-0.2, 0) is 16.0 Å². The molecule has 6 N–H and O–H groups in total. The molecule has 0 aliphatic rings. The van der Waals surface area contributed by atoms with E-state index in [2.05, 4.69) is 5.32 Å². The number of hydrogen-bond acceptors (Lipinski definition) is 5. The quantitative estimate of drug-likeness (QED) is 0.229. The van der Waals surface area contributed by atoms with Gasteiger partial charge in [-0.1, -0.05) is 57.0 Å². The maximum absolute atomic E-state index is 12.4. The summed E-state index contributed by atoms with van der Waals surface area (Å²) in [7, 11) is -3.66. The minimum atomic E-state index is -3.66. The summed E-state index contributed by atoms with van der Waals surface area (Å²) >= 11 is 0. The van der Waals surface area contributed by atoms with Gasteiger partial charge in [0.15, 0.2) is 5.78 Å². The van der Waals surface area contributed by atoms with Crippen LogP contribution in [0.25, 0.3) is 0 Å². The van der Waals surface area contributed by atoms with Crippen LogP contribution in [0, 0.1) is 11.8 Å². The van der Waals surface area contributed by atoms with E-state index in [4.69, 9.17) is 5.73 Å². The molecule has 0 bridgehead atoms. The van der Waals surface area contributed by atoms with Crippen molar-refractivity contribution in [2.45, 2.75) is 58.2 Å². The number of aliphatic carboxylic acids is 1. The lowest BCUT2D eigenvalue weighted by atomic mass is 10.0. The highest BCUT2D eigenvalue weighted by molar-refractivity contribution is 7.65. The number of benzene rings is 1. The molecule has 0 aromatic heterocycles. The van der Waals surface area contributed by atoms with Crippen LogP contribution in [-0.4, -0.2) is 45.3 Å². The lowest BCUT2D eigenvalue weighted by Gasteiger charge is -2.28. The minimum Gasteiger partial charge on any atom is -0.481 e. The van der Waals surface area contributed by atoms with Gasteiger partial charge in [0.2, 0.25) is 5.91 Å². The molecular weight excluding hydrogens is 391 g/mol. The zero-order valence-electron chi connectivity index (χ0n) is 17.5. The van der Waals surface area contributed by atoms with E-state index in [9.17, 15) is 24.5 Å². The number of nitrogens with two attached hydrogens (primary N) is 1. The smallest absolute Gasteiger partial charge is 0.310 e. The number of amides is 1. The number of aryl methyl sites for hydroxylation is 1. The normalized spacial score (nSPS) is 13.9. The van der Waals surface area contributed by atoms with Crippen molar-refractivity contribution in [1.82, 2.24) is 5.32 Å². The van der Waals surface area contributed by atoms with Crippen LogP contribution in [0.15, 0.2) is 30.3 Å². The largest absolute Gasteiger partial charge is 0.481 e. The minimum absolute atomic E-state index is 0.229. The monoisotopic (exact) mass is 427 g/mol. The standard InChI is InChI=1S/C21H35N2O5P/c1-16(2)20(23-19(24)13-12-17-9-5-3-6-10-17)29(27,28)15-18(21(25)26)11-7-4-8-14-22/h3,5-6,9-10,16,18,20,27-28H,4,7-8,11-15,22H2,1-2H3,(H-,23,24,25,26)/p+1/t18-,20-/m1/s1. The highest BCUT2D eigenvalue weighted by Crippen LogP contribution is 2.58. The number of carboxylic acids is 1. The van der Waals surface area contributed by atoms with Gasteiger partial charge in [-0.05, 0) is 31.4 Å². The van der Waals surface area contributed by atoms with Crippen molar-refractivity contribution in [2.24, 2.45) is 17.6 Å². The molecule has 1 rings (SSSR count). The molecule has 164 valence electrons. The average molecular weight is 428 g/mol. The van der Waals surface area contributed by atoms with Gasteiger partial charge in [-0.15, -0.1) is 0 Å². The third-order valence-corrected chi connectivity index (χ3v) is 7.56. The fraction of sp³-hybridized carbons (Fsp3) is 0.619. The van der Waals surface area contributed by atoms with Gasteiger partial charge in [0.05, 0.1) is 5.92 Å². The lowest BCUT2D eigenvalue weighted by Crippen LogP contribution is -2.42. The predicted molar refractivity (Wildman–Crippen MR) is 116 cm³/mol. The first-order chi connectivity index (χ1) is 13.7. The molecule has 2 atom stereocenters. The van der Waals surface area contributed by atoms with E-state index in [0.717, 1.165) is 18.4 Å². The second-order valence-electron chi connectivity index (χ2n) is 7.88. The molecule has 1 amide bonds. The van der Waals surface area contributed by atoms with E-state index < -0.39 is 25.4 Å². The molecule has 7 nitrogen and oxygen atoms in total. The van der Waals surface area contributed by atoms with Gasteiger partial charge >= 0.3 is 5.97 Å². The highest BCUT2D eigenvalue weighted by atomic mass is 31.2. The van der Waals surface area contributed by atoms with Gasteiger partial charge in [0.25, 0.3) is 7.72 Å². The van der Waals surface area contributed by atoms with Crippen molar-refractivity contribution in [1.29, 1.82) is 0 Å². The Balaban J connectivity index is 2.69. The summed E-state index contributed by atoms with van der Waals surface area (Å²) < 4.78 is 0. The zero-order chi connectivity index (χ0) is 21.9. The predicted octanol–water partition coefficient (Wildman–Crippen LogP) is 2.77. The second kappa shape index (κ2) is 12.9. The summed E-state index contributed by atoms with van der Waals surface area (Å²) in [6.45, 7) is 4.14. The van der Waals surface area contributed by atoms with Crippen LogP contribution in [0.2, 0.25) is 0 Å². The summed E-state index contributed by atoms with van der Waals surface area (Å²) in [5.74, 6) is -3.24. The fourth-order valence-electron chi connectivity index (χ4n) is 3.33. The molecule has 8 heteroatoms. The average Bonchev–Trinajstić information content (AvgIpc) is 2.67. The Kier molecular flexibility index (Phi) is 11.4. The van der Waals surface area contributed by atoms with Crippen molar-refractivity contribution < 1.29 is 24.5 Å². The summed E-state index contributed by atoms with van der Waals surface area (Å²) in [5.41, 5.74) is 6.49. The number of rotatable bonds is 14. The maximum Gasteiger partial charge on any atom is 0.310 e. The Morgan fingerprint density at radius 3 is 2.31 bits per heavy atom. The second-order valence-corrected chi connectivity index (χ2v) is 10.4. The molecule has 0 fully saturated rings. The van der Waals surface area contributed by atoms with E-state index in [1.807, 2.05) is 30.3 Å². The maximum atomic E-state index is 12.4. The van der Waals surface area contributed by atoms with Crippen molar-refractivity contribution in [3.63, 3.8) is 0 Å². The Bertz CT molecular complexity index is 625. The van der Waals surface area contributed by atoms with E-state index in [1.165, 1.54) is 0 Å². The summed E-state index contributed by atoms with van der Waals surface area (Å²) in [6.07, 6.45) is 3.22. The molecule has 1 aromatic rings. The molecule has 0 radical (unpaired) electrons. The van der Waals surface area contributed by atoms with Crippen molar-refractivity contribution in [3.8, 4) is 0 Å². The molecule has 0 aliphatic heterocycles. The van der Waals surface area contributed by atoms with Crippen LogP contribution in [0.1, 0.15) is 51.5 Å². The first kappa shape index (κ1) is 25.5. The molecule has 0 aliphatic carbocycles. The number of carbonyl (C=O) groups is 2. The number of hydrogen-bond donors (Lipinski definition) is 5. The topological polar surface area (TPSA) is 133 Å². The van der Waals surface area contributed by atoms with Gasteiger partial charge in [0, 0.05) is 12.3 Å². The number of carbonyl (C=O) groups excluding carboxylic acids is 1. The molecule has 1 aromatic carbocycles. The Morgan fingerprint density at radius 2 is 1.76 bits per heavy atom. The molecule has 0 unspecified atom stereocenters. The Labute approximate surface area is 174 Å². The SMILES string of the molecule is CC(C)[C@H](NC(=O)CCc1ccccc1)[P+](O)(O)C[C@@H](CCCCCN)C(=O)O. The summed E-state index contributed by atoms with van der Waals surface area (Å²) in [5, 5.41) is 12.2. The van der Waals surface area contributed by atoms with Gasteiger partial charge in [-0.25, -0.2) is 9.79 Å². The van der Waals surface area contributed by atoms with Gasteiger partial charge in [-0.2, -0.15) is 0 Å². The van der Waals surface area contributed by atoms with Crippen molar-refractivity contribution >= 4 is 19.6 Å². The number of unbranched alkanes of at least 4 members (excludes halogenated alkanes) is 2. The Hall–Kier alpha value is -1.53. The third-order valence-electron chi connectivity index (χ3n) is 4.96.